The van der Waals surface area contributed by atoms with Crippen LogP contribution in [0.5, 0.6) is 0 Å². The maximum Gasteiger partial charge on any atom is 0.308 e. The number of carbonyl (C=O) groups is 1. The van der Waals surface area contributed by atoms with Gasteiger partial charge in [-0.2, -0.15) is 8.42 Å². The molecule has 0 radical (unpaired) electrons. The topological polar surface area (TPSA) is 69.7 Å². The van der Waals surface area contributed by atoms with Gasteiger partial charge in [0.05, 0.1) is 6.10 Å². The van der Waals surface area contributed by atoms with Crippen LogP contribution in [0, 0.1) is 0 Å². The van der Waals surface area contributed by atoms with Gasteiger partial charge >= 0.3 is 16.1 Å². The summed E-state index contributed by atoms with van der Waals surface area (Å²) in [5.74, 6) is -0.573. The van der Waals surface area contributed by atoms with Crippen LogP contribution in [0.25, 0.3) is 0 Å². The standard InChI is InChI=1S/C9H18O5S/c1-6-8(10)13-9(4,5)15(11,12)14-7(2)3/h7H,6H2,1-5H3. The Kier molecular flexibility index (Phi) is 4.73. The van der Waals surface area contributed by atoms with E-state index in [2.05, 4.69) is 0 Å². The SMILES string of the molecule is CCC(=O)OC(C)(C)S(=O)(=O)OC(C)C. The quantitative estimate of drug-likeness (QED) is 0.535. The molecular formula is C9H18O5S. The summed E-state index contributed by atoms with van der Waals surface area (Å²) in [5, 5.41) is 0. The molecule has 0 aliphatic heterocycles. The molecule has 0 saturated heterocycles. The minimum atomic E-state index is -3.91. The predicted molar refractivity (Wildman–Crippen MR) is 55.6 cm³/mol. The van der Waals surface area contributed by atoms with Gasteiger partial charge in [-0.05, 0) is 27.7 Å². The van der Waals surface area contributed by atoms with Gasteiger partial charge in [0.1, 0.15) is 0 Å². The van der Waals surface area contributed by atoms with E-state index < -0.39 is 27.1 Å². The largest absolute Gasteiger partial charge is 0.441 e. The Hall–Kier alpha value is -0.620. The molecule has 0 atom stereocenters. The summed E-state index contributed by atoms with van der Waals surface area (Å²) in [7, 11) is -3.91. The summed E-state index contributed by atoms with van der Waals surface area (Å²) < 4.78 is 32.8. The highest BCUT2D eigenvalue weighted by Crippen LogP contribution is 2.22. The molecule has 0 amide bonds. The number of hydrogen-bond donors (Lipinski definition) is 0. The van der Waals surface area contributed by atoms with Crippen LogP contribution in [0.3, 0.4) is 0 Å². The molecule has 5 nitrogen and oxygen atoms in total. The summed E-state index contributed by atoms with van der Waals surface area (Å²) in [6.45, 7) is 7.36. The fraction of sp³-hybridized carbons (Fsp3) is 0.889. The van der Waals surface area contributed by atoms with Crippen molar-refractivity contribution in [1.82, 2.24) is 0 Å². The molecule has 0 aliphatic carbocycles. The molecule has 0 bridgehead atoms. The summed E-state index contributed by atoms with van der Waals surface area (Å²) in [4.78, 5) is 9.37. The van der Waals surface area contributed by atoms with Crippen LogP contribution < -0.4 is 0 Å². The van der Waals surface area contributed by atoms with Crippen molar-refractivity contribution in [3.63, 3.8) is 0 Å². The summed E-state index contributed by atoms with van der Waals surface area (Å²) in [5.41, 5.74) is 0. The Bertz CT molecular complexity index is 315. The smallest absolute Gasteiger partial charge is 0.308 e. The minimum absolute atomic E-state index is 0.126. The zero-order valence-electron chi connectivity index (χ0n) is 9.73. The zero-order valence-corrected chi connectivity index (χ0v) is 10.6. The van der Waals surface area contributed by atoms with Crippen molar-refractivity contribution in [2.75, 3.05) is 0 Å². The van der Waals surface area contributed by atoms with Gasteiger partial charge in [-0.15, -0.1) is 0 Å². The van der Waals surface area contributed by atoms with Crippen LogP contribution in [0.1, 0.15) is 41.0 Å². The molecule has 90 valence electrons. The van der Waals surface area contributed by atoms with E-state index >= 15 is 0 Å². The van der Waals surface area contributed by atoms with E-state index in [0.29, 0.717) is 0 Å². The summed E-state index contributed by atoms with van der Waals surface area (Å²) in [6, 6.07) is 0. The third kappa shape index (κ3) is 4.17. The first kappa shape index (κ1) is 14.4. The molecule has 0 fully saturated rings. The number of ether oxygens (including phenoxy) is 1. The second-order valence-corrected chi connectivity index (χ2v) is 5.91. The molecule has 0 saturated carbocycles. The summed E-state index contributed by atoms with van der Waals surface area (Å²) >= 11 is 0. The minimum Gasteiger partial charge on any atom is -0.441 e. The van der Waals surface area contributed by atoms with E-state index in [4.69, 9.17) is 8.92 Å². The van der Waals surface area contributed by atoms with Crippen molar-refractivity contribution in [3.05, 3.63) is 0 Å². The average molecular weight is 238 g/mol. The zero-order chi connectivity index (χ0) is 12.3. The van der Waals surface area contributed by atoms with Crippen molar-refractivity contribution in [1.29, 1.82) is 0 Å². The van der Waals surface area contributed by atoms with Gasteiger partial charge in [0.25, 0.3) is 0 Å². The fourth-order valence-corrected chi connectivity index (χ4v) is 1.70. The van der Waals surface area contributed by atoms with Crippen molar-refractivity contribution in [2.45, 2.75) is 52.1 Å². The third-order valence-electron chi connectivity index (χ3n) is 1.57. The molecule has 0 rings (SSSR count). The molecule has 0 aliphatic rings. The van der Waals surface area contributed by atoms with Gasteiger partial charge in [0, 0.05) is 6.42 Å². The van der Waals surface area contributed by atoms with E-state index in [9.17, 15) is 13.2 Å². The lowest BCUT2D eigenvalue weighted by molar-refractivity contribution is -0.150. The number of rotatable bonds is 5. The van der Waals surface area contributed by atoms with Crippen LogP contribution in [0.4, 0.5) is 0 Å². The van der Waals surface area contributed by atoms with Crippen LogP contribution in [0.15, 0.2) is 0 Å². The molecule has 0 aromatic heterocycles. The van der Waals surface area contributed by atoms with Gasteiger partial charge in [-0.1, -0.05) is 6.92 Å². The van der Waals surface area contributed by atoms with Gasteiger partial charge in [0.15, 0.2) is 0 Å². The Morgan fingerprint density at radius 2 is 1.80 bits per heavy atom. The first-order chi connectivity index (χ1) is 6.62. The molecule has 0 spiro atoms. The third-order valence-corrected chi connectivity index (χ3v) is 3.50. The first-order valence-corrected chi connectivity index (χ1v) is 6.18. The number of carbonyl (C=O) groups excluding carboxylic acids is 1. The number of hydrogen-bond acceptors (Lipinski definition) is 5. The van der Waals surface area contributed by atoms with Crippen LogP contribution in [-0.4, -0.2) is 25.4 Å². The Balaban J connectivity index is 4.78. The van der Waals surface area contributed by atoms with E-state index in [0.717, 1.165) is 0 Å². The Morgan fingerprint density at radius 1 is 1.33 bits per heavy atom. The fourth-order valence-electron chi connectivity index (χ4n) is 0.767. The highest BCUT2D eigenvalue weighted by Gasteiger charge is 2.39. The molecule has 0 unspecified atom stereocenters. The Labute approximate surface area is 90.9 Å². The molecule has 0 aromatic carbocycles. The maximum absolute atomic E-state index is 11.6. The van der Waals surface area contributed by atoms with Gasteiger partial charge in [-0.25, -0.2) is 0 Å². The molecule has 0 N–H and O–H groups in total. The summed E-state index contributed by atoms with van der Waals surface area (Å²) in [6.07, 6.45) is -0.352. The van der Waals surface area contributed by atoms with Crippen molar-refractivity contribution in [2.24, 2.45) is 0 Å². The second kappa shape index (κ2) is 4.94. The molecular weight excluding hydrogens is 220 g/mol. The predicted octanol–water partition coefficient (Wildman–Crippen LogP) is 1.43. The molecule has 0 heterocycles. The van der Waals surface area contributed by atoms with Crippen LogP contribution >= 0.6 is 0 Å². The van der Waals surface area contributed by atoms with E-state index in [-0.39, 0.29) is 6.42 Å². The lowest BCUT2D eigenvalue weighted by atomic mass is 10.4. The highest BCUT2D eigenvalue weighted by atomic mass is 32.2. The lowest BCUT2D eigenvalue weighted by Gasteiger charge is -2.25. The normalized spacial score (nSPS) is 12.9. The van der Waals surface area contributed by atoms with Crippen LogP contribution in [-0.2, 0) is 23.8 Å². The molecule has 6 heteroatoms. The Morgan fingerprint density at radius 3 is 2.13 bits per heavy atom. The average Bonchev–Trinajstić information content (AvgIpc) is 2.00. The first-order valence-electron chi connectivity index (χ1n) is 4.77. The lowest BCUT2D eigenvalue weighted by Crippen LogP contribution is -2.39. The van der Waals surface area contributed by atoms with Crippen molar-refractivity contribution >= 4 is 16.1 Å². The van der Waals surface area contributed by atoms with E-state index in [1.165, 1.54) is 13.8 Å². The monoisotopic (exact) mass is 238 g/mol. The van der Waals surface area contributed by atoms with Crippen molar-refractivity contribution < 1.29 is 22.1 Å². The number of esters is 1. The van der Waals surface area contributed by atoms with Crippen LogP contribution in [0.2, 0.25) is 0 Å². The highest BCUT2D eigenvalue weighted by molar-refractivity contribution is 7.88. The van der Waals surface area contributed by atoms with Gasteiger partial charge in [-0.3, -0.25) is 8.98 Å². The molecule has 0 aromatic rings. The van der Waals surface area contributed by atoms with Gasteiger partial charge < -0.3 is 4.74 Å². The van der Waals surface area contributed by atoms with E-state index in [1.54, 1.807) is 20.8 Å². The maximum atomic E-state index is 11.6. The van der Waals surface area contributed by atoms with Crippen molar-refractivity contribution in [3.8, 4) is 0 Å². The van der Waals surface area contributed by atoms with Gasteiger partial charge in [0.2, 0.25) is 4.93 Å². The second-order valence-electron chi connectivity index (χ2n) is 3.83. The van der Waals surface area contributed by atoms with E-state index in [1.807, 2.05) is 0 Å². The molecule has 15 heavy (non-hydrogen) atoms.